The lowest BCUT2D eigenvalue weighted by atomic mass is 10.1. The maximum Gasteiger partial charge on any atom is 0.319 e. The second-order valence-corrected chi connectivity index (χ2v) is 4.35. The van der Waals surface area contributed by atoms with Crippen LogP contribution in [-0.4, -0.2) is 31.7 Å². The first-order chi connectivity index (χ1) is 8.93. The molecule has 1 atom stereocenters. The molecule has 3 amide bonds. The van der Waals surface area contributed by atoms with Crippen LogP contribution in [0.25, 0.3) is 0 Å². The summed E-state index contributed by atoms with van der Waals surface area (Å²) in [5.74, 6) is -0.484. The van der Waals surface area contributed by atoms with E-state index < -0.39 is 5.91 Å². The molecule has 0 aliphatic heterocycles. The van der Waals surface area contributed by atoms with Gasteiger partial charge >= 0.3 is 6.03 Å². The molecule has 1 aromatic rings. The second-order valence-electron chi connectivity index (χ2n) is 4.35. The molecule has 6 nitrogen and oxygen atoms in total. The van der Waals surface area contributed by atoms with Crippen molar-refractivity contribution in [3.05, 3.63) is 29.3 Å². The standard InChI is InChI=1S/C13H19N3O3/c1-8-6-10(4-5-11(8)12(14)17)16-13(18)15-9(2)7-19-3/h4-6,9H,7H2,1-3H3,(H2,14,17)(H2,15,16,18). The van der Waals surface area contributed by atoms with Crippen LogP contribution in [0.4, 0.5) is 10.5 Å². The highest BCUT2D eigenvalue weighted by Crippen LogP contribution is 2.14. The molecule has 0 aliphatic rings. The predicted octanol–water partition coefficient (Wildman–Crippen LogP) is 1.25. The van der Waals surface area contributed by atoms with E-state index in [0.717, 1.165) is 5.56 Å². The van der Waals surface area contributed by atoms with Crippen molar-refractivity contribution in [3.63, 3.8) is 0 Å². The molecule has 19 heavy (non-hydrogen) atoms. The van der Waals surface area contributed by atoms with Gasteiger partial charge in [-0.05, 0) is 37.6 Å². The van der Waals surface area contributed by atoms with Crippen molar-refractivity contribution in [2.24, 2.45) is 5.73 Å². The fourth-order valence-corrected chi connectivity index (χ4v) is 1.70. The lowest BCUT2D eigenvalue weighted by Gasteiger charge is -2.14. The highest BCUT2D eigenvalue weighted by atomic mass is 16.5. The van der Waals surface area contributed by atoms with E-state index in [1.54, 1.807) is 32.2 Å². The number of aryl methyl sites for hydroxylation is 1. The molecular formula is C13H19N3O3. The van der Waals surface area contributed by atoms with Crippen LogP contribution in [0.3, 0.4) is 0 Å². The number of amides is 3. The van der Waals surface area contributed by atoms with Gasteiger partial charge in [0.25, 0.3) is 0 Å². The third-order valence-electron chi connectivity index (χ3n) is 2.54. The fraction of sp³-hybridized carbons (Fsp3) is 0.385. The zero-order chi connectivity index (χ0) is 14.4. The maximum absolute atomic E-state index is 11.7. The van der Waals surface area contributed by atoms with Crippen molar-refractivity contribution in [1.29, 1.82) is 0 Å². The lowest BCUT2D eigenvalue weighted by Crippen LogP contribution is -2.38. The molecule has 0 spiro atoms. The molecule has 0 bridgehead atoms. The average molecular weight is 265 g/mol. The van der Waals surface area contributed by atoms with Crippen molar-refractivity contribution in [2.45, 2.75) is 19.9 Å². The van der Waals surface area contributed by atoms with Gasteiger partial charge in [0.15, 0.2) is 0 Å². The van der Waals surface area contributed by atoms with Crippen LogP contribution in [-0.2, 0) is 4.74 Å². The number of nitrogens with one attached hydrogen (secondary N) is 2. The number of methoxy groups -OCH3 is 1. The predicted molar refractivity (Wildman–Crippen MR) is 73.2 cm³/mol. The summed E-state index contributed by atoms with van der Waals surface area (Å²) in [5.41, 5.74) is 6.98. The minimum atomic E-state index is -0.484. The van der Waals surface area contributed by atoms with Crippen molar-refractivity contribution >= 4 is 17.6 Å². The molecule has 0 fully saturated rings. The Balaban J connectivity index is 2.65. The first kappa shape index (κ1) is 15.0. The van der Waals surface area contributed by atoms with Gasteiger partial charge in [-0.3, -0.25) is 4.79 Å². The van der Waals surface area contributed by atoms with Crippen LogP contribution in [0.15, 0.2) is 18.2 Å². The molecule has 0 aliphatic carbocycles. The number of primary amides is 1. The van der Waals surface area contributed by atoms with E-state index in [1.165, 1.54) is 0 Å². The van der Waals surface area contributed by atoms with Crippen LogP contribution in [0, 0.1) is 6.92 Å². The molecule has 4 N–H and O–H groups in total. The van der Waals surface area contributed by atoms with Crippen LogP contribution >= 0.6 is 0 Å². The summed E-state index contributed by atoms with van der Waals surface area (Å²) in [7, 11) is 1.57. The summed E-state index contributed by atoms with van der Waals surface area (Å²) in [4.78, 5) is 22.7. The number of anilines is 1. The van der Waals surface area contributed by atoms with Crippen LogP contribution in [0.1, 0.15) is 22.8 Å². The summed E-state index contributed by atoms with van der Waals surface area (Å²) in [5, 5.41) is 5.40. The SMILES string of the molecule is COCC(C)NC(=O)Nc1ccc(C(N)=O)c(C)c1. The van der Waals surface area contributed by atoms with Gasteiger partial charge in [-0.1, -0.05) is 0 Å². The van der Waals surface area contributed by atoms with Crippen molar-refractivity contribution < 1.29 is 14.3 Å². The Morgan fingerprint density at radius 2 is 2.11 bits per heavy atom. The lowest BCUT2D eigenvalue weighted by molar-refractivity contribution is 0.0999. The van der Waals surface area contributed by atoms with Gasteiger partial charge < -0.3 is 21.1 Å². The molecule has 0 saturated heterocycles. The Kier molecular flexibility index (Phi) is 5.32. The van der Waals surface area contributed by atoms with Gasteiger partial charge in [0.05, 0.1) is 12.6 Å². The minimum Gasteiger partial charge on any atom is -0.383 e. The van der Waals surface area contributed by atoms with Gasteiger partial charge in [-0.2, -0.15) is 0 Å². The summed E-state index contributed by atoms with van der Waals surface area (Å²) in [6, 6.07) is 4.51. The smallest absolute Gasteiger partial charge is 0.319 e. The van der Waals surface area contributed by atoms with Crippen molar-refractivity contribution in [1.82, 2.24) is 5.32 Å². The van der Waals surface area contributed by atoms with E-state index in [2.05, 4.69) is 10.6 Å². The van der Waals surface area contributed by atoms with Gasteiger partial charge in [0.2, 0.25) is 5.91 Å². The maximum atomic E-state index is 11.7. The van der Waals surface area contributed by atoms with E-state index in [-0.39, 0.29) is 12.1 Å². The quantitative estimate of drug-likeness (QED) is 0.748. The molecule has 0 saturated carbocycles. The first-order valence-electron chi connectivity index (χ1n) is 5.91. The molecule has 0 radical (unpaired) electrons. The zero-order valence-corrected chi connectivity index (χ0v) is 11.3. The Labute approximate surface area is 112 Å². The topological polar surface area (TPSA) is 93.4 Å². The highest BCUT2D eigenvalue weighted by Gasteiger charge is 2.09. The summed E-state index contributed by atoms with van der Waals surface area (Å²) in [6.45, 7) is 4.04. The molecule has 0 heterocycles. The highest BCUT2D eigenvalue weighted by molar-refractivity contribution is 5.96. The Morgan fingerprint density at radius 3 is 2.63 bits per heavy atom. The molecular weight excluding hydrogens is 246 g/mol. The minimum absolute atomic E-state index is 0.0870. The Bertz CT molecular complexity index is 474. The van der Waals surface area contributed by atoms with E-state index in [9.17, 15) is 9.59 Å². The van der Waals surface area contributed by atoms with Crippen LogP contribution < -0.4 is 16.4 Å². The van der Waals surface area contributed by atoms with E-state index >= 15 is 0 Å². The number of ether oxygens (including phenoxy) is 1. The zero-order valence-electron chi connectivity index (χ0n) is 11.3. The number of nitrogens with two attached hydrogens (primary N) is 1. The molecule has 0 aromatic heterocycles. The molecule has 104 valence electrons. The van der Waals surface area contributed by atoms with Crippen LogP contribution in [0.2, 0.25) is 0 Å². The number of benzene rings is 1. The first-order valence-corrected chi connectivity index (χ1v) is 5.91. The Morgan fingerprint density at radius 1 is 1.42 bits per heavy atom. The molecule has 1 unspecified atom stereocenters. The van der Waals surface area contributed by atoms with Gasteiger partial charge in [0.1, 0.15) is 0 Å². The Hall–Kier alpha value is -2.08. The summed E-state index contributed by atoms with van der Waals surface area (Å²) < 4.78 is 4.92. The summed E-state index contributed by atoms with van der Waals surface area (Å²) >= 11 is 0. The van der Waals surface area contributed by atoms with Gasteiger partial charge in [-0.25, -0.2) is 4.79 Å². The number of hydrogen-bond acceptors (Lipinski definition) is 3. The molecule has 6 heteroatoms. The van der Waals surface area contributed by atoms with E-state index in [4.69, 9.17) is 10.5 Å². The monoisotopic (exact) mass is 265 g/mol. The van der Waals surface area contributed by atoms with Gasteiger partial charge in [-0.15, -0.1) is 0 Å². The number of urea groups is 1. The van der Waals surface area contributed by atoms with Crippen molar-refractivity contribution in [2.75, 3.05) is 19.0 Å². The fourth-order valence-electron chi connectivity index (χ4n) is 1.70. The molecule has 1 aromatic carbocycles. The normalized spacial score (nSPS) is 11.7. The van der Waals surface area contributed by atoms with Gasteiger partial charge in [0, 0.05) is 18.4 Å². The van der Waals surface area contributed by atoms with E-state index in [1.807, 2.05) is 6.92 Å². The largest absolute Gasteiger partial charge is 0.383 e. The number of carbonyl (C=O) groups is 2. The van der Waals surface area contributed by atoms with Crippen LogP contribution in [0.5, 0.6) is 0 Å². The second kappa shape index (κ2) is 6.75. The third kappa shape index (κ3) is 4.59. The number of hydrogen-bond donors (Lipinski definition) is 3. The van der Waals surface area contributed by atoms with E-state index in [0.29, 0.717) is 17.9 Å². The summed E-state index contributed by atoms with van der Waals surface area (Å²) in [6.07, 6.45) is 0. The third-order valence-corrected chi connectivity index (χ3v) is 2.54. The number of rotatable bonds is 5. The number of carbonyl (C=O) groups excluding carboxylic acids is 2. The average Bonchev–Trinajstić information content (AvgIpc) is 2.28. The molecule has 1 rings (SSSR count). The van der Waals surface area contributed by atoms with Crippen molar-refractivity contribution in [3.8, 4) is 0 Å².